The van der Waals surface area contributed by atoms with E-state index >= 15 is 0 Å². The Labute approximate surface area is 250 Å². The molecule has 4 aliphatic rings. The number of methoxy groups -OCH3 is 1. The van der Waals surface area contributed by atoms with Crippen LogP contribution >= 0.6 is 0 Å². The number of esters is 1. The van der Waals surface area contributed by atoms with Crippen LogP contribution in [0.2, 0.25) is 0 Å². The van der Waals surface area contributed by atoms with Crippen molar-refractivity contribution in [3.8, 4) is 0 Å². The molecule has 0 aliphatic heterocycles. The molecule has 8 heteroatoms. The molecular weight excluding hydrogens is 514 g/mol. The zero-order chi connectivity index (χ0) is 29.5. The lowest BCUT2D eigenvalue weighted by Gasteiger charge is -2.62. The Hall–Kier alpha value is -0.770. The molecule has 4 saturated carbocycles. The first-order chi connectivity index (χ1) is 19.8. The summed E-state index contributed by atoms with van der Waals surface area (Å²) < 4.78 is 4.91. The summed E-state index contributed by atoms with van der Waals surface area (Å²) in [5.74, 6) is 3.63. The number of fused-ring (bicyclic) bond motifs is 5. The van der Waals surface area contributed by atoms with Gasteiger partial charge in [-0.25, -0.2) is 0 Å². The normalized spacial score (nSPS) is 39.0. The molecule has 0 saturated heterocycles. The number of carbonyl (C=O) groups excluding carboxylic acids is 1. The van der Waals surface area contributed by atoms with E-state index in [1.807, 2.05) is 0 Å². The van der Waals surface area contributed by atoms with Gasteiger partial charge in [-0.1, -0.05) is 20.8 Å². The monoisotopic (exact) mass is 577 g/mol. The number of ether oxygens (including phenoxy) is 1. The largest absolute Gasteiger partial charge is 0.469 e. The third-order valence-electron chi connectivity index (χ3n) is 12.6. The Morgan fingerprint density at radius 1 is 0.927 bits per heavy atom. The third kappa shape index (κ3) is 7.49. The number of aliphatic hydroxyl groups is 1. The number of carbonyl (C=O) groups is 1. The minimum atomic E-state index is -0.226. The molecule has 238 valence electrons. The van der Waals surface area contributed by atoms with Gasteiger partial charge in [0.05, 0.1) is 13.2 Å². The number of hydrogen-bond acceptors (Lipinski definition) is 8. The van der Waals surface area contributed by atoms with Gasteiger partial charge in [0, 0.05) is 64.8 Å². The molecule has 5 unspecified atom stereocenters. The Kier molecular flexibility index (Phi) is 12.4. The summed E-state index contributed by atoms with van der Waals surface area (Å²) >= 11 is 0. The van der Waals surface area contributed by atoms with Crippen molar-refractivity contribution in [2.24, 2.45) is 52.1 Å². The fraction of sp³-hybridized carbons (Fsp3) is 0.970. The second kappa shape index (κ2) is 15.3. The first-order valence-corrected chi connectivity index (χ1v) is 17.1. The molecule has 4 fully saturated rings. The quantitative estimate of drug-likeness (QED) is 0.122. The highest BCUT2D eigenvalue weighted by Gasteiger charge is 2.63. The van der Waals surface area contributed by atoms with Crippen LogP contribution in [0.4, 0.5) is 0 Å². The van der Waals surface area contributed by atoms with Crippen molar-refractivity contribution in [3.63, 3.8) is 0 Å². The Morgan fingerprint density at radius 2 is 1.61 bits per heavy atom. The van der Waals surface area contributed by atoms with Crippen LogP contribution in [-0.4, -0.2) is 82.7 Å². The standard InChI is InChI=1S/C33H63N5O3/c1-23(5-10-31(40)41-4)27-8-9-28-26-7-6-24-21-25(38-20-19-37-18-17-36-16-15-35-14-13-34)11-12-32(24,2)29(26)22-30(39)33(27,28)3/h23-30,35-39H,5-22,34H2,1-4H3/t23-,24?,25+,26?,27?,28?,29?,30+,32+,33-/m1/s1. The van der Waals surface area contributed by atoms with Gasteiger partial charge in [-0.3, -0.25) is 4.79 Å². The molecule has 0 aromatic heterocycles. The lowest BCUT2D eigenvalue weighted by atomic mass is 9.43. The maximum atomic E-state index is 11.8. The van der Waals surface area contributed by atoms with E-state index < -0.39 is 0 Å². The third-order valence-corrected chi connectivity index (χ3v) is 12.6. The van der Waals surface area contributed by atoms with E-state index in [9.17, 15) is 9.90 Å². The molecule has 0 aromatic carbocycles. The predicted octanol–water partition coefficient (Wildman–Crippen LogP) is 2.89. The fourth-order valence-corrected chi connectivity index (χ4v) is 10.2. The molecule has 41 heavy (non-hydrogen) atoms. The topological polar surface area (TPSA) is 121 Å². The van der Waals surface area contributed by atoms with Gasteiger partial charge < -0.3 is 36.8 Å². The molecule has 4 aliphatic carbocycles. The summed E-state index contributed by atoms with van der Waals surface area (Å²) in [5, 5.41) is 26.0. The highest BCUT2D eigenvalue weighted by Crippen LogP contribution is 2.68. The van der Waals surface area contributed by atoms with Crippen LogP contribution in [-0.2, 0) is 9.53 Å². The average Bonchev–Trinajstić information content (AvgIpc) is 3.33. The second-order valence-electron chi connectivity index (χ2n) is 14.5. The van der Waals surface area contributed by atoms with Gasteiger partial charge in [0.15, 0.2) is 0 Å². The van der Waals surface area contributed by atoms with Crippen molar-refractivity contribution in [2.75, 3.05) is 59.5 Å². The maximum absolute atomic E-state index is 11.8. The summed E-state index contributed by atoms with van der Waals surface area (Å²) in [6, 6.07) is 0.628. The molecule has 8 nitrogen and oxygen atoms in total. The molecule has 0 spiro atoms. The molecular formula is C33H63N5O3. The molecule has 0 heterocycles. The predicted molar refractivity (Wildman–Crippen MR) is 166 cm³/mol. The summed E-state index contributed by atoms with van der Waals surface area (Å²) in [7, 11) is 1.48. The van der Waals surface area contributed by atoms with Crippen LogP contribution in [0.5, 0.6) is 0 Å². The van der Waals surface area contributed by atoms with E-state index in [2.05, 4.69) is 42.0 Å². The van der Waals surface area contributed by atoms with Crippen molar-refractivity contribution < 1.29 is 14.6 Å². The summed E-state index contributed by atoms with van der Waals surface area (Å²) in [6.07, 6.45) is 11.1. The van der Waals surface area contributed by atoms with Gasteiger partial charge in [0.1, 0.15) is 0 Å². The van der Waals surface area contributed by atoms with E-state index in [0.717, 1.165) is 70.5 Å². The van der Waals surface area contributed by atoms with Crippen molar-refractivity contribution in [3.05, 3.63) is 0 Å². The second-order valence-corrected chi connectivity index (χ2v) is 14.5. The summed E-state index contributed by atoms with van der Waals surface area (Å²) in [6.45, 7) is 14.9. The zero-order valence-corrected chi connectivity index (χ0v) is 26.7. The van der Waals surface area contributed by atoms with Gasteiger partial charge in [0.25, 0.3) is 0 Å². The SMILES string of the molecule is COC(=O)CC[C@@H](C)C1CCC2C3CCC4C[C@@H](NCCNCCNCCNCCN)CC[C@]4(C)C3C[C@H](O)[C@@]21C. The fourth-order valence-electron chi connectivity index (χ4n) is 10.2. The molecule has 0 radical (unpaired) electrons. The smallest absolute Gasteiger partial charge is 0.305 e. The number of nitrogens with one attached hydrogen (secondary N) is 4. The minimum Gasteiger partial charge on any atom is -0.469 e. The van der Waals surface area contributed by atoms with E-state index in [0.29, 0.717) is 48.1 Å². The number of rotatable bonds is 16. The molecule has 0 aromatic rings. The van der Waals surface area contributed by atoms with Crippen molar-refractivity contribution in [1.82, 2.24) is 21.3 Å². The van der Waals surface area contributed by atoms with Crippen molar-refractivity contribution in [1.29, 1.82) is 0 Å². The van der Waals surface area contributed by atoms with Crippen molar-refractivity contribution >= 4 is 5.97 Å². The minimum absolute atomic E-state index is 0.0114. The van der Waals surface area contributed by atoms with Crippen LogP contribution in [0.25, 0.3) is 0 Å². The van der Waals surface area contributed by atoms with Crippen LogP contribution in [0, 0.1) is 46.3 Å². The Balaban J connectivity index is 1.22. The highest BCUT2D eigenvalue weighted by atomic mass is 16.5. The number of hydrogen-bond donors (Lipinski definition) is 6. The number of nitrogens with two attached hydrogens (primary N) is 1. The van der Waals surface area contributed by atoms with Gasteiger partial charge in [-0.05, 0) is 104 Å². The van der Waals surface area contributed by atoms with Gasteiger partial charge in [0.2, 0.25) is 0 Å². The molecule has 4 rings (SSSR count). The van der Waals surface area contributed by atoms with Crippen LogP contribution in [0.3, 0.4) is 0 Å². The van der Waals surface area contributed by atoms with Gasteiger partial charge >= 0.3 is 5.97 Å². The van der Waals surface area contributed by atoms with E-state index in [4.69, 9.17) is 10.5 Å². The average molecular weight is 578 g/mol. The molecule has 7 N–H and O–H groups in total. The summed E-state index contributed by atoms with van der Waals surface area (Å²) in [4.78, 5) is 11.8. The van der Waals surface area contributed by atoms with E-state index in [-0.39, 0.29) is 17.5 Å². The van der Waals surface area contributed by atoms with Crippen LogP contribution < -0.4 is 27.0 Å². The molecule has 0 amide bonds. The van der Waals surface area contributed by atoms with Gasteiger partial charge in [-0.15, -0.1) is 0 Å². The lowest BCUT2D eigenvalue weighted by molar-refractivity contribution is -0.170. The van der Waals surface area contributed by atoms with Crippen LogP contribution in [0.15, 0.2) is 0 Å². The maximum Gasteiger partial charge on any atom is 0.305 e. The van der Waals surface area contributed by atoms with E-state index in [1.54, 1.807) is 0 Å². The zero-order valence-electron chi connectivity index (χ0n) is 26.7. The number of aliphatic hydroxyl groups excluding tert-OH is 1. The highest BCUT2D eigenvalue weighted by molar-refractivity contribution is 5.69. The molecule has 10 atom stereocenters. The first kappa shape index (κ1) is 33.1. The Morgan fingerprint density at radius 3 is 2.29 bits per heavy atom. The Bertz CT molecular complexity index is 816. The first-order valence-electron chi connectivity index (χ1n) is 17.1. The summed E-state index contributed by atoms with van der Waals surface area (Å²) in [5.41, 5.74) is 5.84. The van der Waals surface area contributed by atoms with Gasteiger partial charge in [-0.2, -0.15) is 0 Å². The lowest BCUT2D eigenvalue weighted by Crippen LogP contribution is -2.59. The molecule has 0 bridgehead atoms. The van der Waals surface area contributed by atoms with Crippen molar-refractivity contribution in [2.45, 2.75) is 97.1 Å². The van der Waals surface area contributed by atoms with Crippen LogP contribution in [0.1, 0.15) is 85.0 Å². The van der Waals surface area contributed by atoms with E-state index in [1.165, 1.54) is 52.1 Å².